The minimum atomic E-state index is -0.422. The van der Waals surface area contributed by atoms with Crippen LogP contribution in [-0.2, 0) is 10.2 Å². The summed E-state index contributed by atoms with van der Waals surface area (Å²) in [4.78, 5) is 22.1. The lowest BCUT2D eigenvalue weighted by atomic mass is 9.93. The van der Waals surface area contributed by atoms with E-state index in [9.17, 15) is 9.18 Å². The van der Waals surface area contributed by atoms with Crippen LogP contribution in [0, 0.1) is 5.82 Å². The number of carbonyl (C=O) groups is 1. The molecule has 29 heavy (non-hydrogen) atoms. The average Bonchev–Trinajstić information content (AvgIpc) is 3.23. The average molecular weight is 417 g/mol. The summed E-state index contributed by atoms with van der Waals surface area (Å²) in [5.74, 6) is -0.625. The predicted molar refractivity (Wildman–Crippen MR) is 113 cm³/mol. The SMILES string of the molecule is CC(C)(C)c1cn2nc(N3CCN(CC(=O)Nc4ccccc4F)CC3)sc2n1. The molecule has 1 saturated heterocycles. The molecule has 0 atom stereocenters. The monoisotopic (exact) mass is 416 g/mol. The highest BCUT2D eigenvalue weighted by Crippen LogP contribution is 2.28. The van der Waals surface area contributed by atoms with Crippen molar-refractivity contribution >= 4 is 33.0 Å². The Balaban J connectivity index is 1.32. The zero-order valence-corrected chi connectivity index (χ0v) is 17.7. The Kier molecular flexibility index (Phi) is 5.26. The molecule has 1 aromatic carbocycles. The molecule has 0 spiro atoms. The van der Waals surface area contributed by atoms with Gasteiger partial charge in [0, 0.05) is 31.6 Å². The van der Waals surface area contributed by atoms with Crippen LogP contribution in [0.3, 0.4) is 0 Å². The Bertz CT molecular complexity index is 984. The number of benzene rings is 1. The van der Waals surface area contributed by atoms with Crippen molar-refractivity contribution in [3.63, 3.8) is 0 Å². The number of carbonyl (C=O) groups excluding carboxylic acids is 1. The Morgan fingerprint density at radius 1 is 1.21 bits per heavy atom. The summed E-state index contributed by atoms with van der Waals surface area (Å²) in [6, 6.07) is 6.20. The number of amides is 1. The highest BCUT2D eigenvalue weighted by Gasteiger charge is 2.24. The number of imidazole rings is 1. The molecule has 1 aliphatic heterocycles. The number of nitrogens with one attached hydrogen (secondary N) is 1. The molecule has 3 heterocycles. The van der Waals surface area contributed by atoms with Gasteiger partial charge in [0.05, 0.1) is 24.1 Å². The van der Waals surface area contributed by atoms with Crippen LogP contribution in [0.15, 0.2) is 30.5 Å². The van der Waals surface area contributed by atoms with Gasteiger partial charge in [0.15, 0.2) is 0 Å². The van der Waals surface area contributed by atoms with Crippen LogP contribution in [0.1, 0.15) is 26.5 Å². The second-order valence-corrected chi connectivity index (χ2v) is 9.21. The van der Waals surface area contributed by atoms with Crippen LogP contribution in [-0.4, -0.2) is 58.1 Å². The third-order valence-corrected chi connectivity index (χ3v) is 5.94. The number of anilines is 2. The summed E-state index contributed by atoms with van der Waals surface area (Å²) in [5.41, 5.74) is 1.26. The normalized spacial score (nSPS) is 15.8. The van der Waals surface area contributed by atoms with Crippen molar-refractivity contribution in [1.82, 2.24) is 19.5 Å². The molecular weight excluding hydrogens is 391 g/mol. The van der Waals surface area contributed by atoms with Crippen LogP contribution in [0.2, 0.25) is 0 Å². The maximum Gasteiger partial charge on any atom is 0.238 e. The van der Waals surface area contributed by atoms with Gasteiger partial charge in [-0.15, -0.1) is 5.10 Å². The van der Waals surface area contributed by atoms with Crippen molar-refractivity contribution in [3.8, 4) is 0 Å². The Morgan fingerprint density at radius 3 is 2.59 bits per heavy atom. The fourth-order valence-corrected chi connectivity index (χ4v) is 4.17. The first kappa shape index (κ1) is 19.8. The number of fused-ring (bicyclic) bond motifs is 1. The van der Waals surface area contributed by atoms with Crippen molar-refractivity contribution < 1.29 is 9.18 Å². The summed E-state index contributed by atoms with van der Waals surface area (Å²) in [6.45, 7) is 9.75. The minimum absolute atomic E-state index is 0.00243. The van der Waals surface area contributed by atoms with Gasteiger partial charge in [-0.2, -0.15) is 0 Å². The number of piperazine rings is 1. The lowest BCUT2D eigenvalue weighted by Crippen LogP contribution is -2.48. The van der Waals surface area contributed by atoms with E-state index in [0.29, 0.717) is 0 Å². The van der Waals surface area contributed by atoms with E-state index in [1.807, 2.05) is 10.7 Å². The van der Waals surface area contributed by atoms with Gasteiger partial charge in [-0.05, 0) is 12.1 Å². The van der Waals surface area contributed by atoms with E-state index < -0.39 is 5.82 Å². The standard InChI is InChI=1S/C20H25FN6OS/c1-20(2,3)16-12-27-18(23-16)29-19(24-27)26-10-8-25(9-11-26)13-17(28)22-15-7-5-4-6-14(15)21/h4-7,12H,8-11,13H2,1-3H3,(H,22,28). The van der Waals surface area contributed by atoms with Crippen LogP contribution in [0.4, 0.5) is 15.2 Å². The smallest absolute Gasteiger partial charge is 0.238 e. The first-order chi connectivity index (χ1) is 13.8. The van der Waals surface area contributed by atoms with Gasteiger partial charge in [0.25, 0.3) is 0 Å². The lowest BCUT2D eigenvalue weighted by molar-refractivity contribution is -0.117. The molecule has 0 saturated carbocycles. The van der Waals surface area contributed by atoms with E-state index in [1.165, 1.54) is 6.07 Å². The number of nitrogens with zero attached hydrogens (tertiary/aromatic N) is 5. The number of halogens is 1. The molecule has 2 aromatic heterocycles. The first-order valence-electron chi connectivity index (χ1n) is 9.68. The molecule has 7 nitrogen and oxygen atoms in total. The fraction of sp³-hybridized carbons (Fsp3) is 0.450. The van der Waals surface area contributed by atoms with E-state index in [-0.39, 0.29) is 23.6 Å². The molecule has 1 fully saturated rings. The van der Waals surface area contributed by atoms with Gasteiger partial charge in [-0.3, -0.25) is 9.69 Å². The number of rotatable bonds is 4. The fourth-order valence-electron chi connectivity index (χ4n) is 3.23. The van der Waals surface area contributed by atoms with E-state index in [0.717, 1.165) is 42.0 Å². The van der Waals surface area contributed by atoms with Crippen LogP contribution < -0.4 is 10.2 Å². The van der Waals surface area contributed by atoms with Crippen molar-refractivity contribution in [2.24, 2.45) is 0 Å². The zero-order valence-electron chi connectivity index (χ0n) is 16.9. The first-order valence-corrected chi connectivity index (χ1v) is 10.5. The van der Waals surface area contributed by atoms with Gasteiger partial charge in [-0.25, -0.2) is 13.9 Å². The maximum absolute atomic E-state index is 13.7. The van der Waals surface area contributed by atoms with Crippen LogP contribution >= 0.6 is 11.3 Å². The van der Waals surface area contributed by atoms with Crippen LogP contribution in [0.25, 0.3) is 4.96 Å². The van der Waals surface area contributed by atoms with Crippen molar-refractivity contribution in [2.45, 2.75) is 26.2 Å². The molecule has 0 unspecified atom stereocenters. The molecule has 9 heteroatoms. The summed E-state index contributed by atoms with van der Waals surface area (Å²) >= 11 is 1.59. The molecule has 0 radical (unpaired) electrons. The second kappa shape index (κ2) is 7.72. The van der Waals surface area contributed by atoms with E-state index >= 15 is 0 Å². The second-order valence-electron chi connectivity index (χ2n) is 8.28. The summed E-state index contributed by atoms with van der Waals surface area (Å²) < 4.78 is 15.5. The Labute approximate surface area is 173 Å². The van der Waals surface area contributed by atoms with Gasteiger partial charge < -0.3 is 10.2 Å². The number of aromatic nitrogens is 3. The highest BCUT2D eigenvalue weighted by atomic mass is 32.1. The molecule has 4 rings (SSSR count). The quantitative estimate of drug-likeness (QED) is 0.708. The predicted octanol–water partition coefficient (Wildman–Crippen LogP) is 2.99. The number of hydrogen-bond acceptors (Lipinski definition) is 6. The van der Waals surface area contributed by atoms with Gasteiger partial charge in [0.2, 0.25) is 16.0 Å². The van der Waals surface area contributed by atoms with Gasteiger partial charge in [-0.1, -0.05) is 44.2 Å². The van der Waals surface area contributed by atoms with Crippen molar-refractivity contribution in [2.75, 3.05) is 42.9 Å². The zero-order chi connectivity index (χ0) is 20.6. The number of para-hydroxylation sites is 1. The van der Waals surface area contributed by atoms with Crippen molar-refractivity contribution in [1.29, 1.82) is 0 Å². The molecule has 3 aromatic rings. The van der Waals surface area contributed by atoms with Gasteiger partial charge in [0.1, 0.15) is 5.82 Å². The number of hydrogen-bond donors (Lipinski definition) is 1. The largest absolute Gasteiger partial charge is 0.344 e. The van der Waals surface area contributed by atoms with Crippen molar-refractivity contribution in [3.05, 3.63) is 42.0 Å². The molecule has 0 bridgehead atoms. The summed E-state index contributed by atoms with van der Waals surface area (Å²) in [5, 5.41) is 8.27. The van der Waals surface area contributed by atoms with E-state index in [4.69, 9.17) is 4.98 Å². The molecule has 0 aliphatic carbocycles. The maximum atomic E-state index is 13.7. The summed E-state index contributed by atoms with van der Waals surface area (Å²) in [6.07, 6.45) is 2.00. The van der Waals surface area contributed by atoms with E-state index in [2.05, 4.69) is 41.0 Å². The Hall–Kier alpha value is -2.52. The van der Waals surface area contributed by atoms with E-state index in [1.54, 1.807) is 29.5 Å². The molecule has 1 aliphatic rings. The third-order valence-electron chi connectivity index (χ3n) is 4.96. The molecular formula is C20H25FN6OS. The molecule has 1 N–H and O–H groups in total. The highest BCUT2D eigenvalue weighted by molar-refractivity contribution is 7.20. The molecule has 1 amide bonds. The van der Waals surface area contributed by atoms with Gasteiger partial charge >= 0.3 is 0 Å². The third kappa shape index (κ3) is 4.40. The Morgan fingerprint density at radius 2 is 1.93 bits per heavy atom. The summed E-state index contributed by atoms with van der Waals surface area (Å²) in [7, 11) is 0. The topological polar surface area (TPSA) is 65.8 Å². The van der Waals surface area contributed by atoms with Crippen LogP contribution in [0.5, 0.6) is 0 Å². The minimum Gasteiger partial charge on any atom is -0.344 e. The molecule has 154 valence electrons. The lowest BCUT2D eigenvalue weighted by Gasteiger charge is -2.33.